The predicted octanol–water partition coefficient (Wildman–Crippen LogP) is 1.75. The number of nitrogens with one attached hydrogen (secondary N) is 2. The number of methoxy groups -OCH3 is 1. The molecule has 0 aliphatic rings. The van der Waals surface area contributed by atoms with E-state index in [0.717, 1.165) is 11.6 Å². The van der Waals surface area contributed by atoms with Crippen molar-refractivity contribution in [1.82, 2.24) is 5.32 Å². The molecule has 0 spiro atoms. The number of ether oxygens (including phenoxy) is 1. The maximum Gasteiger partial charge on any atom is 0.433 e. The number of rotatable bonds is 8. The number of benzene rings is 1. The molecule has 2 N–H and O–H groups in total. The van der Waals surface area contributed by atoms with E-state index in [0.29, 0.717) is 18.8 Å². The molecule has 25 heavy (non-hydrogen) atoms. The van der Waals surface area contributed by atoms with E-state index >= 15 is 0 Å². The number of hydrogen-bond acceptors (Lipinski definition) is 6. The normalized spacial score (nSPS) is 10.3. The zero-order valence-electron chi connectivity index (χ0n) is 13.5. The van der Waals surface area contributed by atoms with E-state index in [2.05, 4.69) is 10.6 Å². The summed E-state index contributed by atoms with van der Waals surface area (Å²) in [6, 6.07) is 9.01. The Balaban J connectivity index is 1.89. The SMILES string of the molecule is COCCNC(=O)Cc1ccc(NC(=O)c2ccc([N+](=O)[O-])o2)cc1. The monoisotopic (exact) mass is 347 g/mol. The van der Waals surface area contributed by atoms with E-state index in [4.69, 9.17) is 9.15 Å². The number of hydrogen-bond donors (Lipinski definition) is 2. The van der Waals surface area contributed by atoms with Crippen LogP contribution in [0.1, 0.15) is 16.1 Å². The molecule has 0 aliphatic heterocycles. The maximum atomic E-state index is 12.0. The van der Waals surface area contributed by atoms with Gasteiger partial charge >= 0.3 is 5.88 Å². The number of carbonyl (C=O) groups is 2. The molecule has 0 unspecified atom stereocenters. The minimum atomic E-state index is -0.719. The van der Waals surface area contributed by atoms with Crippen LogP contribution in [0.2, 0.25) is 0 Å². The van der Waals surface area contributed by atoms with Crippen molar-refractivity contribution in [2.75, 3.05) is 25.6 Å². The van der Waals surface area contributed by atoms with E-state index in [1.807, 2.05) is 0 Å². The van der Waals surface area contributed by atoms with Crippen LogP contribution < -0.4 is 10.6 Å². The number of nitro groups is 1. The van der Waals surface area contributed by atoms with Gasteiger partial charge in [-0.25, -0.2) is 0 Å². The predicted molar refractivity (Wildman–Crippen MR) is 88.3 cm³/mol. The second-order valence-corrected chi connectivity index (χ2v) is 5.07. The minimum Gasteiger partial charge on any atom is -0.395 e. The topological polar surface area (TPSA) is 124 Å². The van der Waals surface area contributed by atoms with Gasteiger partial charge in [-0.05, 0) is 23.8 Å². The quantitative estimate of drug-likeness (QED) is 0.426. The Bertz CT molecular complexity index is 753. The molecule has 0 aliphatic carbocycles. The average Bonchev–Trinajstić information content (AvgIpc) is 3.07. The molecule has 1 aromatic heterocycles. The van der Waals surface area contributed by atoms with Crippen molar-refractivity contribution in [1.29, 1.82) is 0 Å². The van der Waals surface area contributed by atoms with E-state index in [9.17, 15) is 19.7 Å². The summed E-state index contributed by atoms with van der Waals surface area (Å²) < 4.78 is 9.67. The first kappa shape index (κ1) is 18.1. The van der Waals surface area contributed by atoms with Gasteiger partial charge in [0.15, 0.2) is 5.76 Å². The summed E-state index contributed by atoms with van der Waals surface area (Å²) in [7, 11) is 1.56. The first-order valence-corrected chi connectivity index (χ1v) is 7.39. The molecule has 1 aromatic carbocycles. The first-order valence-electron chi connectivity index (χ1n) is 7.39. The summed E-state index contributed by atoms with van der Waals surface area (Å²) in [5, 5.41) is 15.8. The van der Waals surface area contributed by atoms with Gasteiger partial charge in [-0.1, -0.05) is 12.1 Å². The lowest BCUT2D eigenvalue weighted by Gasteiger charge is -2.06. The zero-order valence-corrected chi connectivity index (χ0v) is 13.5. The number of anilines is 1. The van der Waals surface area contributed by atoms with Crippen molar-refractivity contribution in [3.05, 3.63) is 57.8 Å². The maximum absolute atomic E-state index is 12.0. The van der Waals surface area contributed by atoms with Crippen LogP contribution in [0.4, 0.5) is 11.6 Å². The van der Waals surface area contributed by atoms with Crippen LogP contribution in [0, 0.1) is 10.1 Å². The fourth-order valence-electron chi connectivity index (χ4n) is 1.99. The van der Waals surface area contributed by atoms with Crippen molar-refractivity contribution in [3.8, 4) is 0 Å². The van der Waals surface area contributed by atoms with Gasteiger partial charge in [-0.3, -0.25) is 19.7 Å². The van der Waals surface area contributed by atoms with E-state index in [1.54, 1.807) is 31.4 Å². The molecule has 0 saturated heterocycles. The highest BCUT2D eigenvalue weighted by Crippen LogP contribution is 2.17. The Kier molecular flexibility index (Phi) is 6.24. The van der Waals surface area contributed by atoms with Crippen LogP contribution >= 0.6 is 0 Å². The summed E-state index contributed by atoms with van der Waals surface area (Å²) in [6.45, 7) is 0.889. The van der Waals surface area contributed by atoms with Crippen LogP contribution in [0.5, 0.6) is 0 Å². The molecule has 0 fully saturated rings. The summed E-state index contributed by atoms with van der Waals surface area (Å²) in [4.78, 5) is 33.5. The molecule has 9 nitrogen and oxygen atoms in total. The minimum absolute atomic E-state index is 0.128. The van der Waals surface area contributed by atoms with Crippen LogP contribution in [-0.2, 0) is 16.0 Å². The van der Waals surface area contributed by atoms with Crippen LogP contribution in [0.15, 0.2) is 40.8 Å². The van der Waals surface area contributed by atoms with E-state index in [-0.39, 0.29) is 18.1 Å². The third-order valence-electron chi connectivity index (χ3n) is 3.20. The van der Waals surface area contributed by atoms with Gasteiger partial charge in [0.05, 0.1) is 19.1 Å². The van der Waals surface area contributed by atoms with Crippen molar-refractivity contribution in [3.63, 3.8) is 0 Å². The van der Waals surface area contributed by atoms with Gasteiger partial charge in [-0.2, -0.15) is 0 Å². The molecule has 2 aromatic rings. The molecule has 2 amide bonds. The summed E-state index contributed by atoms with van der Waals surface area (Å²) in [5.41, 5.74) is 1.26. The van der Waals surface area contributed by atoms with Gasteiger partial charge in [-0.15, -0.1) is 0 Å². The van der Waals surface area contributed by atoms with Crippen molar-refractivity contribution in [2.45, 2.75) is 6.42 Å². The summed E-state index contributed by atoms with van der Waals surface area (Å²) in [5.74, 6) is -1.39. The second-order valence-electron chi connectivity index (χ2n) is 5.07. The molecule has 0 bridgehead atoms. The zero-order chi connectivity index (χ0) is 18.2. The molecule has 0 atom stereocenters. The Morgan fingerprint density at radius 1 is 1.20 bits per heavy atom. The fraction of sp³-hybridized carbons (Fsp3) is 0.250. The highest BCUT2D eigenvalue weighted by Gasteiger charge is 2.17. The van der Waals surface area contributed by atoms with Crippen LogP contribution in [0.25, 0.3) is 0 Å². The number of nitrogens with zero attached hydrogens (tertiary/aromatic N) is 1. The molecule has 0 saturated carbocycles. The highest BCUT2D eigenvalue weighted by molar-refractivity contribution is 6.02. The van der Waals surface area contributed by atoms with Gasteiger partial charge in [0.25, 0.3) is 5.91 Å². The lowest BCUT2D eigenvalue weighted by molar-refractivity contribution is -0.402. The Morgan fingerprint density at radius 2 is 1.92 bits per heavy atom. The number of carbonyl (C=O) groups excluding carboxylic acids is 2. The Labute approximate surface area is 143 Å². The van der Waals surface area contributed by atoms with Gasteiger partial charge < -0.3 is 19.8 Å². The van der Waals surface area contributed by atoms with Crippen LogP contribution in [0.3, 0.4) is 0 Å². The fourth-order valence-corrected chi connectivity index (χ4v) is 1.99. The number of amides is 2. The van der Waals surface area contributed by atoms with Gasteiger partial charge in [0.2, 0.25) is 5.91 Å². The molecular formula is C16H17N3O6. The average molecular weight is 347 g/mol. The summed E-state index contributed by atoms with van der Waals surface area (Å²) in [6.07, 6.45) is 0.211. The standard InChI is InChI=1S/C16H17N3O6/c1-24-9-8-17-14(20)10-11-2-4-12(5-3-11)18-16(21)13-6-7-15(25-13)19(22)23/h2-7H,8-10H2,1H3,(H,17,20)(H,18,21). The molecule has 132 valence electrons. The third kappa shape index (κ3) is 5.43. The molecule has 0 radical (unpaired) electrons. The molecular weight excluding hydrogens is 330 g/mol. The van der Waals surface area contributed by atoms with Gasteiger partial charge in [0.1, 0.15) is 4.92 Å². The van der Waals surface area contributed by atoms with E-state index < -0.39 is 16.7 Å². The lowest BCUT2D eigenvalue weighted by atomic mass is 10.1. The highest BCUT2D eigenvalue weighted by atomic mass is 16.6. The smallest absolute Gasteiger partial charge is 0.395 e. The Hall–Kier alpha value is -3.20. The largest absolute Gasteiger partial charge is 0.433 e. The van der Waals surface area contributed by atoms with Gasteiger partial charge in [0, 0.05) is 19.3 Å². The van der Waals surface area contributed by atoms with E-state index in [1.165, 1.54) is 6.07 Å². The molecule has 2 rings (SSSR count). The number of furan rings is 1. The summed E-state index contributed by atoms with van der Waals surface area (Å²) >= 11 is 0. The third-order valence-corrected chi connectivity index (χ3v) is 3.20. The second kappa shape index (κ2) is 8.60. The Morgan fingerprint density at radius 3 is 2.52 bits per heavy atom. The first-order chi connectivity index (χ1) is 12.0. The van der Waals surface area contributed by atoms with Crippen molar-refractivity contribution < 1.29 is 23.7 Å². The molecule has 9 heteroatoms. The lowest BCUT2D eigenvalue weighted by Crippen LogP contribution is -2.28. The molecule has 1 heterocycles. The van der Waals surface area contributed by atoms with Crippen molar-refractivity contribution in [2.24, 2.45) is 0 Å². The van der Waals surface area contributed by atoms with Crippen molar-refractivity contribution >= 4 is 23.4 Å². The van der Waals surface area contributed by atoms with Crippen LogP contribution in [-0.4, -0.2) is 37.0 Å².